The number of anilines is 1. The van der Waals surface area contributed by atoms with Gasteiger partial charge in [-0.3, -0.25) is 9.78 Å². The van der Waals surface area contributed by atoms with Crippen LogP contribution in [0.15, 0.2) is 30.7 Å². The van der Waals surface area contributed by atoms with Gasteiger partial charge < -0.3 is 15.6 Å². The lowest BCUT2D eigenvalue weighted by molar-refractivity contribution is -0.118. The molecule has 0 aliphatic carbocycles. The molecule has 1 saturated heterocycles. The topological polar surface area (TPSA) is 87.9 Å². The summed E-state index contributed by atoms with van der Waals surface area (Å²) < 4.78 is 0. The van der Waals surface area contributed by atoms with Gasteiger partial charge in [-0.15, -0.1) is 0 Å². The molecule has 0 aromatic carbocycles. The van der Waals surface area contributed by atoms with E-state index in [1.54, 1.807) is 12.4 Å². The van der Waals surface area contributed by atoms with Gasteiger partial charge in [-0.25, -0.2) is 4.98 Å². The number of hydrogen-bond acceptors (Lipinski definition) is 4. The van der Waals surface area contributed by atoms with Crippen molar-refractivity contribution in [2.24, 2.45) is 5.73 Å². The van der Waals surface area contributed by atoms with Crippen molar-refractivity contribution >= 4 is 33.5 Å². The number of piperidine rings is 1. The maximum atomic E-state index is 11.8. The van der Waals surface area contributed by atoms with Gasteiger partial charge in [0.2, 0.25) is 5.91 Å². The summed E-state index contributed by atoms with van der Waals surface area (Å²) >= 11 is 0. The molecule has 0 bridgehead atoms. The van der Waals surface area contributed by atoms with Gasteiger partial charge in [0.25, 0.3) is 0 Å². The monoisotopic (exact) mass is 294 g/mol. The van der Waals surface area contributed by atoms with E-state index < -0.39 is 0 Å². The number of rotatable bonds is 2. The van der Waals surface area contributed by atoms with Crippen LogP contribution < -0.4 is 10.6 Å². The lowest BCUT2D eigenvalue weighted by Crippen LogP contribution is -2.48. The Bertz CT molecular complexity index is 856. The summed E-state index contributed by atoms with van der Waals surface area (Å²) in [6, 6.07) is 3.56. The van der Waals surface area contributed by atoms with Gasteiger partial charge in [-0.2, -0.15) is 0 Å². The molecule has 4 rings (SSSR count). The van der Waals surface area contributed by atoms with Gasteiger partial charge >= 0.3 is 0 Å². The number of carbonyl (C=O) groups is 1. The predicted octanol–water partition coefficient (Wildman–Crippen LogP) is 1.77. The number of nitrogens with two attached hydrogens (primary N) is 1. The number of nitrogens with zero attached hydrogens (tertiary/aromatic N) is 3. The fourth-order valence-corrected chi connectivity index (χ4v) is 3.22. The summed E-state index contributed by atoms with van der Waals surface area (Å²) in [6.07, 6.45) is 9.29. The first-order chi connectivity index (χ1) is 10.8. The Labute approximate surface area is 127 Å². The molecular formula is C16H16N5O. The highest BCUT2D eigenvalue weighted by atomic mass is 16.1. The van der Waals surface area contributed by atoms with Crippen molar-refractivity contribution in [3.05, 3.63) is 37.1 Å². The second kappa shape index (κ2) is 4.98. The molecule has 3 aromatic rings. The fraction of sp³-hybridized carbons (Fsp3) is 0.250. The van der Waals surface area contributed by atoms with Crippen LogP contribution in [0.2, 0.25) is 0 Å². The summed E-state index contributed by atoms with van der Waals surface area (Å²) in [6.45, 7) is 0.803. The van der Waals surface area contributed by atoms with Crippen molar-refractivity contribution in [3.8, 4) is 0 Å². The average Bonchev–Trinajstić information content (AvgIpc) is 3.03. The molecule has 1 amide bonds. The molecule has 1 atom stereocenters. The summed E-state index contributed by atoms with van der Waals surface area (Å²) in [5.41, 5.74) is 8.20. The van der Waals surface area contributed by atoms with E-state index in [1.165, 1.54) is 0 Å². The molecule has 1 aliphatic rings. The number of aromatic nitrogens is 3. The average molecular weight is 294 g/mol. The Morgan fingerprint density at radius 3 is 3.14 bits per heavy atom. The standard InChI is InChI=1S/C16H16N5O/c17-15(22)13-3-1-2-8-21(13)12-5-7-18-11-9-20-16-10(14(11)12)4-6-19-16/h3-7,9,13H,1-2,8H2,(H2,17,22)(H,19,20). The molecule has 1 unspecified atom stereocenters. The third kappa shape index (κ3) is 1.91. The van der Waals surface area contributed by atoms with E-state index in [9.17, 15) is 4.79 Å². The van der Waals surface area contributed by atoms with Crippen LogP contribution in [0, 0.1) is 6.42 Å². The van der Waals surface area contributed by atoms with Gasteiger partial charge in [-0.1, -0.05) is 0 Å². The molecular weight excluding hydrogens is 278 g/mol. The zero-order valence-corrected chi connectivity index (χ0v) is 12.0. The van der Waals surface area contributed by atoms with Crippen molar-refractivity contribution in [1.82, 2.24) is 15.0 Å². The molecule has 0 spiro atoms. The Morgan fingerprint density at radius 1 is 1.36 bits per heavy atom. The second-order valence-corrected chi connectivity index (χ2v) is 5.51. The van der Waals surface area contributed by atoms with Crippen molar-refractivity contribution in [1.29, 1.82) is 0 Å². The van der Waals surface area contributed by atoms with Crippen molar-refractivity contribution in [2.45, 2.75) is 18.9 Å². The molecule has 3 aromatic heterocycles. The molecule has 1 radical (unpaired) electrons. The van der Waals surface area contributed by atoms with Crippen LogP contribution in [0.1, 0.15) is 12.8 Å². The molecule has 0 saturated carbocycles. The van der Waals surface area contributed by atoms with Crippen LogP contribution in [0.4, 0.5) is 5.69 Å². The van der Waals surface area contributed by atoms with Crippen LogP contribution in [0.5, 0.6) is 0 Å². The first-order valence-corrected chi connectivity index (χ1v) is 7.36. The lowest BCUT2D eigenvalue weighted by atomic mass is 9.99. The number of hydrogen-bond donors (Lipinski definition) is 2. The number of H-pyrrole nitrogens is 1. The van der Waals surface area contributed by atoms with Crippen LogP contribution >= 0.6 is 0 Å². The number of primary amides is 1. The molecule has 6 nitrogen and oxygen atoms in total. The van der Waals surface area contributed by atoms with Gasteiger partial charge in [0.05, 0.1) is 11.7 Å². The maximum absolute atomic E-state index is 11.8. The Kier molecular flexibility index (Phi) is 2.96. The third-order valence-electron chi connectivity index (χ3n) is 4.20. The zero-order chi connectivity index (χ0) is 15.1. The summed E-state index contributed by atoms with van der Waals surface area (Å²) in [4.78, 5) is 25.8. The summed E-state index contributed by atoms with van der Waals surface area (Å²) in [5, 5.41) is 2.02. The summed E-state index contributed by atoms with van der Waals surface area (Å²) in [5.74, 6) is -0.316. The minimum atomic E-state index is -0.374. The van der Waals surface area contributed by atoms with E-state index in [-0.39, 0.29) is 11.9 Å². The Morgan fingerprint density at radius 2 is 2.27 bits per heavy atom. The molecule has 3 N–H and O–H groups in total. The first-order valence-electron chi connectivity index (χ1n) is 7.36. The molecule has 111 valence electrons. The van der Waals surface area contributed by atoms with Crippen molar-refractivity contribution < 1.29 is 4.79 Å². The lowest BCUT2D eigenvalue weighted by Gasteiger charge is -2.36. The van der Waals surface area contributed by atoms with E-state index >= 15 is 0 Å². The molecule has 22 heavy (non-hydrogen) atoms. The normalized spacial score (nSPS) is 18.9. The van der Waals surface area contributed by atoms with Crippen LogP contribution in [0.25, 0.3) is 21.9 Å². The third-order valence-corrected chi connectivity index (χ3v) is 4.20. The van der Waals surface area contributed by atoms with E-state index in [4.69, 9.17) is 5.73 Å². The Balaban J connectivity index is 1.97. The smallest absolute Gasteiger partial charge is 0.240 e. The highest BCUT2D eigenvalue weighted by Gasteiger charge is 2.29. The fourth-order valence-electron chi connectivity index (χ4n) is 3.22. The zero-order valence-electron chi connectivity index (χ0n) is 12.0. The van der Waals surface area contributed by atoms with Crippen molar-refractivity contribution in [3.63, 3.8) is 0 Å². The highest BCUT2D eigenvalue weighted by Crippen LogP contribution is 2.34. The minimum Gasteiger partial charge on any atom is -0.368 e. The van der Waals surface area contributed by atoms with E-state index in [2.05, 4.69) is 19.9 Å². The minimum absolute atomic E-state index is 0.316. The number of fused-ring (bicyclic) bond motifs is 3. The van der Waals surface area contributed by atoms with Crippen LogP contribution in [-0.4, -0.2) is 33.4 Å². The number of amides is 1. The van der Waals surface area contributed by atoms with E-state index in [0.29, 0.717) is 0 Å². The Hall–Kier alpha value is -2.63. The molecule has 1 aliphatic heterocycles. The maximum Gasteiger partial charge on any atom is 0.240 e. The van der Waals surface area contributed by atoms with Gasteiger partial charge in [0.15, 0.2) is 0 Å². The number of carbonyl (C=O) groups excluding carboxylic acids is 1. The highest BCUT2D eigenvalue weighted by molar-refractivity contribution is 6.10. The van der Waals surface area contributed by atoms with E-state index in [1.807, 2.05) is 24.8 Å². The van der Waals surface area contributed by atoms with Crippen molar-refractivity contribution in [2.75, 3.05) is 11.4 Å². The van der Waals surface area contributed by atoms with Gasteiger partial charge in [0.1, 0.15) is 11.7 Å². The number of pyridine rings is 2. The van der Waals surface area contributed by atoms with Gasteiger partial charge in [0, 0.05) is 35.4 Å². The first kappa shape index (κ1) is 13.1. The van der Waals surface area contributed by atoms with Crippen LogP contribution in [-0.2, 0) is 4.79 Å². The quantitative estimate of drug-likeness (QED) is 0.754. The van der Waals surface area contributed by atoms with E-state index in [0.717, 1.165) is 47.0 Å². The summed E-state index contributed by atoms with van der Waals surface area (Å²) in [7, 11) is 0. The number of aromatic amines is 1. The predicted molar refractivity (Wildman–Crippen MR) is 85.3 cm³/mol. The molecule has 1 fully saturated rings. The van der Waals surface area contributed by atoms with Crippen LogP contribution in [0.3, 0.4) is 0 Å². The number of nitrogens with one attached hydrogen (secondary N) is 1. The van der Waals surface area contributed by atoms with Gasteiger partial charge in [-0.05, 0) is 31.4 Å². The second-order valence-electron chi connectivity index (χ2n) is 5.51. The largest absolute Gasteiger partial charge is 0.368 e. The SMILES string of the molecule is NC(=O)C1[CH]CCCN1c1ccnc2cnc3[nH]ccc3c12. The molecule has 4 heterocycles. The molecule has 6 heteroatoms.